The molecule has 84 valence electrons. The predicted molar refractivity (Wildman–Crippen MR) is 66.0 cm³/mol. The SMILES string of the molecule is Cc1cc(C(=O)N(C)C(C)C#N)ccc1Br. The minimum Gasteiger partial charge on any atom is -0.326 e. The third-order valence-electron chi connectivity index (χ3n) is 2.49. The lowest BCUT2D eigenvalue weighted by Crippen LogP contribution is -2.34. The van der Waals surface area contributed by atoms with Gasteiger partial charge in [-0.1, -0.05) is 15.9 Å². The topological polar surface area (TPSA) is 44.1 Å². The Hall–Kier alpha value is -1.34. The summed E-state index contributed by atoms with van der Waals surface area (Å²) in [5.74, 6) is -0.135. The second kappa shape index (κ2) is 5.13. The average molecular weight is 281 g/mol. The molecule has 0 saturated carbocycles. The van der Waals surface area contributed by atoms with Gasteiger partial charge in [-0.15, -0.1) is 0 Å². The number of nitriles is 1. The third-order valence-corrected chi connectivity index (χ3v) is 3.38. The van der Waals surface area contributed by atoms with Crippen LogP contribution in [0, 0.1) is 18.3 Å². The molecule has 0 aromatic heterocycles. The van der Waals surface area contributed by atoms with Crippen LogP contribution in [0.2, 0.25) is 0 Å². The monoisotopic (exact) mass is 280 g/mol. The largest absolute Gasteiger partial charge is 0.326 e. The highest BCUT2D eigenvalue weighted by Crippen LogP contribution is 2.18. The van der Waals surface area contributed by atoms with Gasteiger partial charge >= 0.3 is 0 Å². The van der Waals surface area contributed by atoms with Crippen molar-refractivity contribution in [3.8, 4) is 6.07 Å². The van der Waals surface area contributed by atoms with Crippen molar-refractivity contribution in [3.05, 3.63) is 33.8 Å². The van der Waals surface area contributed by atoms with E-state index in [1.165, 1.54) is 4.90 Å². The third kappa shape index (κ3) is 2.61. The van der Waals surface area contributed by atoms with E-state index in [0.717, 1.165) is 10.0 Å². The van der Waals surface area contributed by atoms with Gasteiger partial charge in [0.2, 0.25) is 0 Å². The number of aryl methyl sites for hydroxylation is 1. The molecule has 1 atom stereocenters. The second-order valence-corrected chi connectivity index (χ2v) is 4.54. The molecular formula is C12H13BrN2O. The molecular weight excluding hydrogens is 268 g/mol. The molecule has 4 heteroatoms. The van der Waals surface area contributed by atoms with Crippen molar-refractivity contribution in [3.63, 3.8) is 0 Å². The van der Waals surface area contributed by atoms with Gasteiger partial charge in [0.1, 0.15) is 6.04 Å². The van der Waals surface area contributed by atoms with Crippen molar-refractivity contribution >= 4 is 21.8 Å². The van der Waals surface area contributed by atoms with Crippen LogP contribution in [0.4, 0.5) is 0 Å². The van der Waals surface area contributed by atoms with Crippen LogP contribution in [-0.2, 0) is 0 Å². The number of nitrogens with zero attached hydrogens (tertiary/aromatic N) is 2. The zero-order valence-electron chi connectivity index (χ0n) is 9.49. The minimum absolute atomic E-state index is 0.135. The summed E-state index contributed by atoms with van der Waals surface area (Å²) in [6, 6.07) is 7.02. The Morgan fingerprint density at radius 1 is 1.56 bits per heavy atom. The summed E-state index contributed by atoms with van der Waals surface area (Å²) >= 11 is 3.38. The number of halogens is 1. The van der Waals surface area contributed by atoms with E-state index >= 15 is 0 Å². The second-order valence-electron chi connectivity index (χ2n) is 3.69. The molecule has 1 amide bonds. The molecule has 16 heavy (non-hydrogen) atoms. The van der Waals surface area contributed by atoms with Gasteiger partial charge < -0.3 is 4.90 Å². The molecule has 1 rings (SSSR count). The number of hydrogen-bond acceptors (Lipinski definition) is 2. The molecule has 1 aromatic carbocycles. The fourth-order valence-electron chi connectivity index (χ4n) is 1.24. The Balaban J connectivity index is 2.98. The first kappa shape index (κ1) is 12.7. The lowest BCUT2D eigenvalue weighted by Gasteiger charge is -2.19. The smallest absolute Gasteiger partial charge is 0.254 e. The van der Waals surface area contributed by atoms with Crippen molar-refractivity contribution in [2.75, 3.05) is 7.05 Å². The average Bonchev–Trinajstić information content (AvgIpc) is 2.29. The van der Waals surface area contributed by atoms with Gasteiger partial charge in [-0.3, -0.25) is 4.79 Å². The standard InChI is InChI=1S/C12H13BrN2O/c1-8-6-10(4-5-11(8)13)12(16)15(3)9(2)7-14/h4-6,9H,1-3H3. The van der Waals surface area contributed by atoms with Crippen LogP contribution < -0.4 is 0 Å². The predicted octanol–water partition coefficient (Wildman–Crippen LogP) is 2.74. The molecule has 0 radical (unpaired) electrons. The molecule has 0 aliphatic heterocycles. The quantitative estimate of drug-likeness (QED) is 0.836. The molecule has 0 heterocycles. The molecule has 0 bridgehead atoms. The van der Waals surface area contributed by atoms with Gasteiger partial charge in [-0.25, -0.2) is 0 Å². The Kier molecular flexibility index (Phi) is 4.08. The summed E-state index contributed by atoms with van der Waals surface area (Å²) in [5, 5.41) is 8.75. The zero-order valence-corrected chi connectivity index (χ0v) is 11.1. The van der Waals surface area contributed by atoms with E-state index in [1.54, 1.807) is 20.0 Å². The van der Waals surface area contributed by atoms with Gasteiger partial charge in [0.25, 0.3) is 5.91 Å². The van der Waals surface area contributed by atoms with Gasteiger partial charge in [-0.2, -0.15) is 5.26 Å². The molecule has 0 N–H and O–H groups in total. The Labute approximate surface area is 104 Å². The number of rotatable bonds is 2. The number of carbonyl (C=O) groups excluding carboxylic acids is 1. The maximum atomic E-state index is 12.0. The molecule has 3 nitrogen and oxygen atoms in total. The van der Waals surface area contributed by atoms with E-state index in [0.29, 0.717) is 5.56 Å². The summed E-state index contributed by atoms with van der Waals surface area (Å²) < 4.78 is 0.972. The van der Waals surface area contributed by atoms with Crippen LogP contribution in [0.1, 0.15) is 22.8 Å². The lowest BCUT2D eigenvalue weighted by molar-refractivity contribution is 0.0773. The van der Waals surface area contributed by atoms with Crippen LogP contribution in [0.25, 0.3) is 0 Å². The summed E-state index contributed by atoms with van der Waals surface area (Å²) in [6.45, 7) is 3.62. The highest BCUT2D eigenvalue weighted by atomic mass is 79.9. The van der Waals surface area contributed by atoms with E-state index in [2.05, 4.69) is 15.9 Å². The summed E-state index contributed by atoms with van der Waals surface area (Å²) in [7, 11) is 1.63. The van der Waals surface area contributed by atoms with E-state index in [1.807, 2.05) is 25.1 Å². The molecule has 0 aliphatic carbocycles. The fourth-order valence-corrected chi connectivity index (χ4v) is 1.49. The van der Waals surface area contributed by atoms with Crippen molar-refractivity contribution in [1.29, 1.82) is 5.26 Å². The Morgan fingerprint density at radius 2 is 2.19 bits per heavy atom. The van der Waals surface area contributed by atoms with Gasteiger partial charge in [0, 0.05) is 17.1 Å². The van der Waals surface area contributed by atoms with E-state index in [9.17, 15) is 4.79 Å². The molecule has 0 saturated heterocycles. The van der Waals surface area contributed by atoms with Gasteiger partial charge in [0.15, 0.2) is 0 Å². The number of hydrogen-bond donors (Lipinski definition) is 0. The maximum Gasteiger partial charge on any atom is 0.254 e. The summed E-state index contributed by atoms with van der Waals surface area (Å²) in [6.07, 6.45) is 0. The van der Waals surface area contributed by atoms with Crippen LogP contribution in [-0.4, -0.2) is 23.9 Å². The van der Waals surface area contributed by atoms with Crippen molar-refractivity contribution < 1.29 is 4.79 Å². The Morgan fingerprint density at radius 3 is 2.69 bits per heavy atom. The normalized spacial score (nSPS) is 11.7. The van der Waals surface area contributed by atoms with E-state index < -0.39 is 6.04 Å². The van der Waals surface area contributed by atoms with Gasteiger partial charge in [0.05, 0.1) is 6.07 Å². The molecule has 1 aromatic rings. The van der Waals surface area contributed by atoms with Crippen molar-refractivity contribution in [1.82, 2.24) is 4.90 Å². The van der Waals surface area contributed by atoms with E-state index in [4.69, 9.17) is 5.26 Å². The zero-order chi connectivity index (χ0) is 12.3. The summed E-state index contributed by atoms with van der Waals surface area (Å²) in [5.41, 5.74) is 1.61. The van der Waals surface area contributed by atoms with Crippen LogP contribution >= 0.6 is 15.9 Å². The van der Waals surface area contributed by atoms with Crippen molar-refractivity contribution in [2.24, 2.45) is 0 Å². The number of benzene rings is 1. The highest BCUT2D eigenvalue weighted by Gasteiger charge is 2.17. The molecule has 0 fully saturated rings. The molecule has 0 aliphatic rings. The van der Waals surface area contributed by atoms with Crippen LogP contribution in [0.15, 0.2) is 22.7 Å². The first-order chi connectivity index (χ1) is 7.47. The summed E-state index contributed by atoms with van der Waals surface area (Å²) in [4.78, 5) is 13.4. The van der Waals surface area contributed by atoms with Crippen LogP contribution in [0.3, 0.4) is 0 Å². The van der Waals surface area contributed by atoms with E-state index in [-0.39, 0.29) is 5.91 Å². The fraction of sp³-hybridized carbons (Fsp3) is 0.333. The highest BCUT2D eigenvalue weighted by molar-refractivity contribution is 9.10. The molecule has 0 spiro atoms. The van der Waals surface area contributed by atoms with Crippen LogP contribution in [0.5, 0.6) is 0 Å². The Bertz CT molecular complexity index is 451. The van der Waals surface area contributed by atoms with Crippen molar-refractivity contribution in [2.45, 2.75) is 19.9 Å². The first-order valence-electron chi connectivity index (χ1n) is 4.90. The molecule has 1 unspecified atom stereocenters. The number of carbonyl (C=O) groups is 1. The number of amides is 1. The lowest BCUT2D eigenvalue weighted by atomic mass is 10.1. The first-order valence-corrected chi connectivity index (χ1v) is 5.69. The minimum atomic E-state index is -0.420. The maximum absolute atomic E-state index is 12.0. The van der Waals surface area contributed by atoms with Gasteiger partial charge in [-0.05, 0) is 37.6 Å².